The van der Waals surface area contributed by atoms with Crippen molar-refractivity contribution in [3.63, 3.8) is 0 Å². The number of fused-ring (bicyclic) bond motifs is 1. The molecular weight excluding hydrogens is 292 g/mol. The second-order valence-corrected chi connectivity index (χ2v) is 6.08. The van der Waals surface area contributed by atoms with Gasteiger partial charge in [0.25, 0.3) is 5.91 Å². The number of pyridine rings is 1. The highest BCUT2D eigenvalue weighted by Crippen LogP contribution is 2.37. The summed E-state index contributed by atoms with van der Waals surface area (Å²) in [5, 5.41) is 0. The van der Waals surface area contributed by atoms with Gasteiger partial charge in [-0.25, -0.2) is 4.98 Å². The predicted octanol–water partition coefficient (Wildman–Crippen LogP) is 3.25. The zero-order valence-electron chi connectivity index (χ0n) is 10.3. The lowest BCUT2D eigenvalue weighted by atomic mass is 9.91. The standard InChI is InChI=1S/C14H17BrN2O/c15-13-9-11(6-7-16-13)14(18)17-8-2-4-10-3-1-5-12(10)17/h6-7,9-10,12H,1-5,8H2. The number of halogens is 1. The van der Waals surface area contributed by atoms with E-state index in [-0.39, 0.29) is 5.91 Å². The molecule has 1 aliphatic heterocycles. The van der Waals surface area contributed by atoms with E-state index < -0.39 is 0 Å². The predicted molar refractivity (Wildman–Crippen MR) is 73.3 cm³/mol. The molecule has 4 heteroatoms. The van der Waals surface area contributed by atoms with Gasteiger partial charge in [0.15, 0.2) is 0 Å². The Morgan fingerprint density at radius 3 is 3.00 bits per heavy atom. The summed E-state index contributed by atoms with van der Waals surface area (Å²) in [5.41, 5.74) is 0.754. The Balaban J connectivity index is 1.83. The largest absolute Gasteiger partial charge is 0.335 e. The lowest BCUT2D eigenvalue weighted by Gasteiger charge is -2.37. The first-order valence-corrected chi connectivity index (χ1v) is 7.47. The summed E-state index contributed by atoms with van der Waals surface area (Å²) in [5.74, 6) is 0.919. The van der Waals surface area contributed by atoms with Crippen LogP contribution < -0.4 is 0 Å². The van der Waals surface area contributed by atoms with Gasteiger partial charge in [0, 0.05) is 24.3 Å². The molecule has 0 bridgehead atoms. The number of amides is 1. The first-order valence-electron chi connectivity index (χ1n) is 6.68. The molecule has 2 unspecified atom stereocenters. The Bertz CT molecular complexity index is 463. The van der Waals surface area contributed by atoms with Gasteiger partial charge in [0.05, 0.1) is 0 Å². The van der Waals surface area contributed by atoms with Gasteiger partial charge in [-0.3, -0.25) is 4.79 Å². The molecule has 18 heavy (non-hydrogen) atoms. The molecule has 1 aromatic heterocycles. The minimum atomic E-state index is 0.176. The summed E-state index contributed by atoms with van der Waals surface area (Å²) >= 11 is 3.33. The number of hydrogen-bond donors (Lipinski definition) is 0. The average molecular weight is 309 g/mol. The van der Waals surface area contributed by atoms with E-state index in [0.29, 0.717) is 6.04 Å². The monoisotopic (exact) mass is 308 g/mol. The molecule has 1 aliphatic carbocycles. The lowest BCUT2D eigenvalue weighted by Crippen LogP contribution is -2.46. The fraction of sp³-hybridized carbons (Fsp3) is 0.571. The third kappa shape index (κ3) is 2.18. The van der Waals surface area contributed by atoms with E-state index in [4.69, 9.17) is 0 Å². The Labute approximate surface area is 116 Å². The molecule has 1 saturated heterocycles. The molecule has 1 saturated carbocycles. The normalized spacial score (nSPS) is 27.1. The van der Waals surface area contributed by atoms with Gasteiger partial charge in [-0.2, -0.15) is 0 Å². The zero-order valence-corrected chi connectivity index (χ0v) is 11.9. The molecule has 2 atom stereocenters. The SMILES string of the molecule is O=C(c1ccnc(Br)c1)N1CCCC2CCCC21. The van der Waals surface area contributed by atoms with Crippen LogP contribution in [0.1, 0.15) is 42.5 Å². The van der Waals surface area contributed by atoms with Gasteiger partial charge < -0.3 is 4.90 Å². The topological polar surface area (TPSA) is 33.2 Å². The highest BCUT2D eigenvalue weighted by Gasteiger charge is 2.37. The molecule has 0 radical (unpaired) electrons. The molecule has 0 aromatic carbocycles. The summed E-state index contributed by atoms with van der Waals surface area (Å²) < 4.78 is 0.730. The van der Waals surface area contributed by atoms with Crippen LogP contribution in [-0.2, 0) is 0 Å². The summed E-state index contributed by atoms with van der Waals surface area (Å²) in [6.07, 6.45) is 7.90. The molecule has 2 fully saturated rings. The molecule has 0 N–H and O–H groups in total. The number of hydrogen-bond acceptors (Lipinski definition) is 2. The maximum atomic E-state index is 12.6. The molecular formula is C14H17BrN2O. The van der Waals surface area contributed by atoms with Crippen LogP contribution in [0.25, 0.3) is 0 Å². The number of likely N-dealkylation sites (tertiary alicyclic amines) is 1. The molecule has 1 amide bonds. The third-order valence-corrected chi connectivity index (χ3v) is 4.66. The smallest absolute Gasteiger partial charge is 0.254 e. The summed E-state index contributed by atoms with van der Waals surface area (Å²) in [4.78, 5) is 18.8. The molecule has 0 spiro atoms. The van der Waals surface area contributed by atoms with Crippen LogP contribution >= 0.6 is 15.9 Å². The number of piperidine rings is 1. The van der Waals surface area contributed by atoms with Crippen LogP contribution in [0.5, 0.6) is 0 Å². The maximum Gasteiger partial charge on any atom is 0.254 e. The van der Waals surface area contributed by atoms with E-state index in [1.165, 1.54) is 25.7 Å². The van der Waals surface area contributed by atoms with Gasteiger partial charge in [-0.1, -0.05) is 6.42 Å². The van der Waals surface area contributed by atoms with Crippen molar-refractivity contribution < 1.29 is 4.79 Å². The minimum Gasteiger partial charge on any atom is -0.335 e. The van der Waals surface area contributed by atoms with Gasteiger partial charge in [-0.15, -0.1) is 0 Å². The van der Waals surface area contributed by atoms with Crippen molar-refractivity contribution in [1.29, 1.82) is 0 Å². The molecule has 1 aromatic rings. The van der Waals surface area contributed by atoms with E-state index in [0.717, 1.165) is 29.1 Å². The highest BCUT2D eigenvalue weighted by atomic mass is 79.9. The lowest BCUT2D eigenvalue weighted by molar-refractivity contribution is 0.0548. The Hall–Kier alpha value is -0.900. The van der Waals surface area contributed by atoms with Crippen LogP contribution in [0, 0.1) is 5.92 Å². The van der Waals surface area contributed by atoms with Gasteiger partial charge in [0.1, 0.15) is 4.60 Å². The molecule has 2 heterocycles. The van der Waals surface area contributed by atoms with Crippen LogP contribution in [0.15, 0.2) is 22.9 Å². The van der Waals surface area contributed by atoms with Crippen molar-refractivity contribution >= 4 is 21.8 Å². The Kier molecular flexibility index (Phi) is 3.37. The first kappa shape index (κ1) is 12.2. The van der Waals surface area contributed by atoms with Crippen molar-refractivity contribution in [1.82, 2.24) is 9.88 Å². The van der Waals surface area contributed by atoms with Crippen molar-refractivity contribution in [2.45, 2.75) is 38.1 Å². The quantitative estimate of drug-likeness (QED) is 0.746. The van der Waals surface area contributed by atoms with E-state index in [9.17, 15) is 4.79 Å². The van der Waals surface area contributed by atoms with E-state index in [2.05, 4.69) is 25.8 Å². The van der Waals surface area contributed by atoms with Crippen molar-refractivity contribution in [2.75, 3.05) is 6.54 Å². The Morgan fingerprint density at radius 1 is 1.33 bits per heavy atom. The molecule has 2 aliphatic rings. The summed E-state index contributed by atoms with van der Waals surface area (Å²) in [6, 6.07) is 4.12. The molecule has 96 valence electrons. The van der Waals surface area contributed by atoms with Gasteiger partial charge >= 0.3 is 0 Å². The zero-order chi connectivity index (χ0) is 12.5. The van der Waals surface area contributed by atoms with Crippen molar-refractivity contribution in [3.8, 4) is 0 Å². The Morgan fingerprint density at radius 2 is 2.17 bits per heavy atom. The minimum absolute atomic E-state index is 0.176. The van der Waals surface area contributed by atoms with Crippen LogP contribution in [0.2, 0.25) is 0 Å². The van der Waals surface area contributed by atoms with Gasteiger partial charge in [0.2, 0.25) is 0 Å². The van der Waals surface area contributed by atoms with Crippen LogP contribution in [0.3, 0.4) is 0 Å². The van der Waals surface area contributed by atoms with Crippen LogP contribution in [-0.4, -0.2) is 28.4 Å². The second kappa shape index (κ2) is 5.00. The fourth-order valence-corrected chi connectivity index (χ4v) is 3.77. The third-order valence-electron chi connectivity index (χ3n) is 4.23. The van der Waals surface area contributed by atoms with Crippen LogP contribution in [0.4, 0.5) is 0 Å². The van der Waals surface area contributed by atoms with E-state index in [1.54, 1.807) is 6.20 Å². The number of nitrogens with zero attached hydrogens (tertiary/aromatic N) is 2. The highest BCUT2D eigenvalue weighted by molar-refractivity contribution is 9.10. The average Bonchev–Trinajstić information content (AvgIpc) is 2.86. The van der Waals surface area contributed by atoms with Crippen molar-refractivity contribution in [2.24, 2.45) is 5.92 Å². The molecule has 3 nitrogen and oxygen atoms in total. The number of carbonyl (C=O) groups is 1. The summed E-state index contributed by atoms with van der Waals surface area (Å²) in [7, 11) is 0. The van der Waals surface area contributed by atoms with Crippen molar-refractivity contribution in [3.05, 3.63) is 28.5 Å². The number of rotatable bonds is 1. The molecule has 3 rings (SSSR count). The second-order valence-electron chi connectivity index (χ2n) is 5.27. The summed E-state index contributed by atoms with van der Waals surface area (Å²) in [6.45, 7) is 0.917. The first-order chi connectivity index (χ1) is 8.75. The maximum absolute atomic E-state index is 12.6. The number of carbonyl (C=O) groups excluding carboxylic acids is 1. The van der Waals surface area contributed by atoms with E-state index >= 15 is 0 Å². The fourth-order valence-electron chi connectivity index (χ4n) is 3.41. The number of aromatic nitrogens is 1. The van der Waals surface area contributed by atoms with Gasteiger partial charge in [-0.05, 0) is 59.7 Å². The van der Waals surface area contributed by atoms with E-state index in [1.807, 2.05) is 12.1 Å².